The molecule has 19 heavy (non-hydrogen) atoms. The molecular formula is C12H12BrN3O2S. The lowest BCUT2D eigenvalue weighted by molar-refractivity contribution is 0.601. The molecule has 0 spiro atoms. The van der Waals surface area contributed by atoms with Gasteiger partial charge in [-0.15, -0.1) is 0 Å². The number of nitrogens with two attached hydrogens (primary N) is 1. The van der Waals surface area contributed by atoms with Crippen LogP contribution in [-0.2, 0) is 10.0 Å². The van der Waals surface area contributed by atoms with Crippen molar-refractivity contribution in [2.24, 2.45) is 0 Å². The zero-order valence-electron chi connectivity index (χ0n) is 10.1. The Morgan fingerprint density at radius 1 is 1.26 bits per heavy atom. The molecule has 100 valence electrons. The van der Waals surface area contributed by atoms with Crippen molar-refractivity contribution < 1.29 is 8.42 Å². The molecule has 7 heteroatoms. The minimum atomic E-state index is -3.70. The highest BCUT2D eigenvalue weighted by Crippen LogP contribution is 2.24. The quantitative estimate of drug-likeness (QED) is 0.840. The Labute approximate surface area is 120 Å². The maximum absolute atomic E-state index is 12.2. The monoisotopic (exact) mass is 341 g/mol. The van der Waals surface area contributed by atoms with Gasteiger partial charge in [0.1, 0.15) is 4.90 Å². The molecular weight excluding hydrogens is 330 g/mol. The van der Waals surface area contributed by atoms with Crippen LogP contribution in [0.3, 0.4) is 0 Å². The van der Waals surface area contributed by atoms with Gasteiger partial charge in [-0.25, -0.2) is 8.42 Å². The molecule has 2 rings (SSSR count). The minimum absolute atomic E-state index is 0.0464. The number of halogens is 1. The Morgan fingerprint density at radius 3 is 2.63 bits per heavy atom. The summed E-state index contributed by atoms with van der Waals surface area (Å²) in [5.41, 5.74) is 7.10. The Bertz CT molecular complexity index is 717. The maximum Gasteiger partial charge on any atom is 0.263 e. The van der Waals surface area contributed by atoms with Crippen molar-refractivity contribution in [2.45, 2.75) is 11.8 Å². The SMILES string of the molecule is Cc1cc(NS(=O)(=O)c2ccc(Br)cc2N)ccn1. The molecule has 0 aliphatic carbocycles. The third-order valence-electron chi connectivity index (χ3n) is 2.41. The number of nitrogen functional groups attached to an aromatic ring is 1. The standard InChI is InChI=1S/C12H12BrN3O2S/c1-8-6-10(4-5-15-8)16-19(17,18)12-3-2-9(13)7-11(12)14/h2-7H,14H2,1H3,(H,15,16). The van der Waals surface area contributed by atoms with Crippen molar-refractivity contribution in [3.8, 4) is 0 Å². The van der Waals surface area contributed by atoms with Crippen molar-refractivity contribution in [1.29, 1.82) is 0 Å². The topological polar surface area (TPSA) is 85.1 Å². The minimum Gasteiger partial charge on any atom is -0.398 e. The molecule has 0 atom stereocenters. The van der Waals surface area contributed by atoms with E-state index in [1.807, 2.05) is 0 Å². The highest BCUT2D eigenvalue weighted by atomic mass is 79.9. The zero-order chi connectivity index (χ0) is 14.0. The number of pyridine rings is 1. The van der Waals surface area contributed by atoms with Gasteiger partial charge in [0.15, 0.2) is 0 Å². The molecule has 1 aromatic heterocycles. The fourth-order valence-corrected chi connectivity index (χ4v) is 3.13. The average Bonchev–Trinajstić information content (AvgIpc) is 2.27. The molecule has 0 aliphatic rings. The molecule has 3 N–H and O–H groups in total. The van der Waals surface area contributed by atoms with Gasteiger partial charge in [0.25, 0.3) is 10.0 Å². The van der Waals surface area contributed by atoms with E-state index in [-0.39, 0.29) is 10.6 Å². The molecule has 1 heterocycles. The first kappa shape index (κ1) is 13.8. The summed E-state index contributed by atoms with van der Waals surface area (Å²) in [5, 5.41) is 0. The molecule has 1 aromatic carbocycles. The fourth-order valence-electron chi connectivity index (χ4n) is 1.58. The van der Waals surface area contributed by atoms with Gasteiger partial charge >= 0.3 is 0 Å². The van der Waals surface area contributed by atoms with Crippen molar-refractivity contribution in [3.63, 3.8) is 0 Å². The summed E-state index contributed by atoms with van der Waals surface area (Å²) in [5.74, 6) is 0. The molecule has 0 bridgehead atoms. The van der Waals surface area contributed by atoms with Crippen LogP contribution >= 0.6 is 15.9 Å². The second-order valence-electron chi connectivity index (χ2n) is 3.97. The van der Waals surface area contributed by atoms with Crippen LogP contribution in [0.1, 0.15) is 5.69 Å². The van der Waals surface area contributed by atoms with Gasteiger partial charge < -0.3 is 5.73 Å². The molecule has 0 unspecified atom stereocenters. The maximum atomic E-state index is 12.2. The van der Waals surface area contributed by atoms with Gasteiger partial charge in [-0.2, -0.15) is 0 Å². The van der Waals surface area contributed by atoms with E-state index in [1.165, 1.54) is 12.3 Å². The van der Waals surface area contributed by atoms with Crippen molar-refractivity contribution in [1.82, 2.24) is 4.98 Å². The zero-order valence-corrected chi connectivity index (χ0v) is 12.5. The van der Waals surface area contributed by atoms with E-state index >= 15 is 0 Å². The molecule has 0 aliphatic heterocycles. The lowest BCUT2D eigenvalue weighted by atomic mass is 10.3. The van der Waals surface area contributed by atoms with Gasteiger partial charge in [-0.1, -0.05) is 15.9 Å². The van der Waals surface area contributed by atoms with Crippen LogP contribution < -0.4 is 10.5 Å². The number of nitrogens with zero attached hydrogens (tertiary/aromatic N) is 1. The predicted molar refractivity (Wildman–Crippen MR) is 78.3 cm³/mol. The van der Waals surface area contributed by atoms with E-state index in [0.29, 0.717) is 5.69 Å². The highest BCUT2D eigenvalue weighted by molar-refractivity contribution is 9.10. The van der Waals surface area contributed by atoms with Crippen LogP contribution in [0.15, 0.2) is 45.9 Å². The number of sulfonamides is 1. The summed E-state index contributed by atoms with van der Waals surface area (Å²) in [6, 6.07) is 7.86. The predicted octanol–water partition coefficient (Wildman–Crippen LogP) is 2.54. The number of benzene rings is 1. The third kappa shape index (κ3) is 3.24. The Hall–Kier alpha value is -1.60. The first-order valence-electron chi connectivity index (χ1n) is 5.39. The summed E-state index contributed by atoms with van der Waals surface area (Å²) >= 11 is 3.24. The number of rotatable bonds is 3. The van der Waals surface area contributed by atoms with Crippen molar-refractivity contribution in [2.75, 3.05) is 10.5 Å². The summed E-state index contributed by atoms with van der Waals surface area (Å²) in [6.45, 7) is 1.78. The van der Waals surface area contributed by atoms with E-state index in [1.54, 1.807) is 31.2 Å². The van der Waals surface area contributed by atoms with E-state index in [9.17, 15) is 8.42 Å². The fraction of sp³-hybridized carbons (Fsp3) is 0.0833. The molecule has 2 aromatic rings. The van der Waals surface area contributed by atoms with Crippen LogP contribution in [0.5, 0.6) is 0 Å². The van der Waals surface area contributed by atoms with Crippen molar-refractivity contribution >= 4 is 37.3 Å². The second-order valence-corrected chi connectivity index (χ2v) is 6.54. The van der Waals surface area contributed by atoms with Crippen LogP contribution in [0, 0.1) is 6.92 Å². The first-order valence-corrected chi connectivity index (χ1v) is 7.66. The van der Waals surface area contributed by atoms with Gasteiger partial charge in [0.05, 0.1) is 11.4 Å². The molecule has 0 saturated carbocycles. The Kier molecular flexibility index (Phi) is 3.77. The van der Waals surface area contributed by atoms with Crippen LogP contribution in [-0.4, -0.2) is 13.4 Å². The number of anilines is 2. The first-order chi connectivity index (χ1) is 8.88. The summed E-state index contributed by atoms with van der Waals surface area (Å²) < 4.78 is 27.6. The number of hydrogen-bond acceptors (Lipinski definition) is 4. The number of aromatic nitrogens is 1. The number of nitrogens with one attached hydrogen (secondary N) is 1. The lowest BCUT2D eigenvalue weighted by Crippen LogP contribution is -2.14. The van der Waals surface area contributed by atoms with Gasteiger partial charge in [0.2, 0.25) is 0 Å². The Morgan fingerprint density at radius 2 is 2.00 bits per heavy atom. The Balaban J connectivity index is 2.38. The molecule has 0 fully saturated rings. The third-order valence-corrected chi connectivity index (χ3v) is 4.36. The molecule has 0 radical (unpaired) electrons. The largest absolute Gasteiger partial charge is 0.398 e. The smallest absolute Gasteiger partial charge is 0.263 e. The molecule has 5 nitrogen and oxygen atoms in total. The average molecular weight is 342 g/mol. The van der Waals surface area contributed by atoms with Crippen LogP contribution in [0.4, 0.5) is 11.4 Å². The number of hydrogen-bond donors (Lipinski definition) is 2. The lowest BCUT2D eigenvalue weighted by Gasteiger charge is -2.10. The normalized spacial score (nSPS) is 11.3. The summed E-state index contributed by atoms with van der Waals surface area (Å²) in [7, 11) is -3.70. The van der Waals surface area contributed by atoms with E-state index in [2.05, 4.69) is 25.6 Å². The van der Waals surface area contributed by atoms with Crippen LogP contribution in [0.25, 0.3) is 0 Å². The molecule has 0 saturated heterocycles. The number of aryl methyl sites for hydroxylation is 1. The van der Waals surface area contributed by atoms with Crippen LogP contribution in [0.2, 0.25) is 0 Å². The second kappa shape index (κ2) is 5.18. The van der Waals surface area contributed by atoms with E-state index in [4.69, 9.17) is 5.73 Å². The molecule has 0 amide bonds. The summed E-state index contributed by atoms with van der Waals surface area (Å²) in [6.07, 6.45) is 1.54. The van der Waals surface area contributed by atoms with Gasteiger partial charge in [-0.3, -0.25) is 9.71 Å². The van der Waals surface area contributed by atoms with E-state index in [0.717, 1.165) is 10.2 Å². The highest BCUT2D eigenvalue weighted by Gasteiger charge is 2.17. The van der Waals surface area contributed by atoms with E-state index < -0.39 is 10.0 Å². The van der Waals surface area contributed by atoms with Gasteiger partial charge in [-0.05, 0) is 37.3 Å². The van der Waals surface area contributed by atoms with Gasteiger partial charge in [0, 0.05) is 16.4 Å². The van der Waals surface area contributed by atoms with Crippen molar-refractivity contribution in [3.05, 3.63) is 46.7 Å². The summed E-state index contributed by atoms with van der Waals surface area (Å²) in [4.78, 5) is 4.05.